The van der Waals surface area contributed by atoms with Gasteiger partial charge >= 0.3 is 12.0 Å². The summed E-state index contributed by atoms with van der Waals surface area (Å²) in [5.41, 5.74) is 1.01. The molecule has 8 heteroatoms. The van der Waals surface area contributed by atoms with Gasteiger partial charge in [-0.05, 0) is 37.7 Å². The van der Waals surface area contributed by atoms with Gasteiger partial charge in [-0.2, -0.15) is 0 Å². The monoisotopic (exact) mass is 378 g/mol. The topological polar surface area (TPSA) is 95.4 Å². The molecule has 1 aromatic heterocycles. The lowest BCUT2D eigenvalue weighted by Gasteiger charge is -2.30. The van der Waals surface area contributed by atoms with E-state index in [0.717, 1.165) is 10.7 Å². The molecule has 2 N–H and O–H groups in total. The molecule has 0 aromatic carbocycles. The van der Waals surface area contributed by atoms with Crippen LogP contribution in [0.15, 0.2) is 17.6 Å². The molecule has 142 valence electrons. The predicted octanol–water partition coefficient (Wildman–Crippen LogP) is 2.56. The smallest absolute Gasteiger partial charge is 0.317 e. The number of amides is 2. The Bertz CT molecular complexity index is 611. The maximum atomic E-state index is 12.1. The van der Waals surface area contributed by atoms with E-state index in [1.807, 2.05) is 12.4 Å². The summed E-state index contributed by atoms with van der Waals surface area (Å²) in [4.78, 5) is 33.6. The normalized spacial score (nSPS) is 18.8. The number of aromatic nitrogens is 2. The van der Waals surface area contributed by atoms with E-state index in [0.29, 0.717) is 44.1 Å². The number of urea groups is 1. The van der Waals surface area contributed by atoms with Gasteiger partial charge in [0.2, 0.25) is 0 Å². The van der Waals surface area contributed by atoms with Crippen molar-refractivity contribution in [1.29, 1.82) is 0 Å². The van der Waals surface area contributed by atoms with Gasteiger partial charge in [0.25, 0.3) is 0 Å². The van der Waals surface area contributed by atoms with Gasteiger partial charge in [0, 0.05) is 37.3 Å². The molecular formula is C18H26N4O3S. The van der Waals surface area contributed by atoms with Crippen LogP contribution in [-0.4, -0.2) is 56.9 Å². The molecule has 1 aliphatic heterocycles. The Balaban J connectivity index is 1.36. The van der Waals surface area contributed by atoms with Crippen molar-refractivity contribution >= 4 is 23.8 Å². The van der Waals surface area contributed by atoms with Crippen molar-refractivity contribution in [2.24, 2.45) is 5.92 Å². The summed E-state index contributed by atoms with van der Waals surface area (Å²) in [5.74, 6) is -1.09. The zero-order valence-corrected chi connectivity index (χ0v) is 15.7. The average Bonchev–Trinajstić information content (AvgIpc) is 3.16. The lowest BCUT2D eigenvalue weighted by atomic mass is 9.97. The second kappa shape index (κ2) is 9.21. The van der Waals surface area contributed by atoms with Crippen molar-refractivity contribution in [3.8, 4) is 0 Å². The zero-order chi connectivity index (χ0) is 18.4. The third-order valence-electron chi connectivity index (χ3n) is 5.08. The molecule has 1 saturated carbocycles. The highest BCUT2D eigenvalue weighted by Gasteiger charge is 2.26. The molecule has 0 atom stereocenters. The quantitative estimate of drug-likeness (QED) is 0.739. The summed E-state index contributed by atoms with van der Waals surface area (Å²) in [6.07, 6.45) is 10.5. The van der Waals surface area contributed by atoms with Crippen molar-refractivity contribution in [2.45, 2.75) is 55.4 Å². The minimum absolute atomic E-state index is 0.122. The fourth-order valence-corrected chi connectivity index (χ4v) is 4.54. The lowest BCUT2D eigenvalue weighted by Crippen LogP contribution is -2.45. The molecule has 0 unspecified atom stereocenters. The molecule has 2 amide bonds. The van der Waals surface area contributed by atoms with Crippen LogP contribution >= 0.6 is 11.8 Å². The second-order valence-corrected chi connectivity index (χ2v) is 8.25. The van der Waals surface area contributed by atoms with Crippen LogP contribution in [0.2, 0.25) is 0 Å². The van der Waals surface area contributed by atoms with E-state index in [1.54, 1.807) is 16.7 Å². The van der Waals surface area contributed by atoms with E-state index < -0.39 is 5.97 Å². The average molecular weight is 378 g/mol. The summed E-state index contributed by atoms with van der Waals surface area (Å²) in [6, 6.07) is -0.122. The number of carboxylic acids is 1. The van der Waals surface area contributed by atoms with Gasteiger partial charge in [0.1, 0.15) is 0 Å². The highest BCUT2D eigenvalue weighted by molar-refractivity contribution is 7.99. The zero-order valence-electron chi connectivity index (χ0n) is 14.9. The van der Waals surface area contributed by atoms with Crippen LogP contribution < -0.4 is 5.32 Å². The number of piperidine rings is 1. The van der Waals surface area contributed by atoms with Crippen LogP contribution in [0, 0.1) is 5.92 Å². The maximum absolute atomic E-state index is 12.1. The number of nitrogens with zero attached hydrogens (tertiary/aromatic N) is 3. The van der Waals surface area contributed by atoms with Crippen molar-refractivity contribution in [2.75, 3.05) is 19.6 Å². The second-order valence-electron chi connectivity index (χ2n) is 6.98. The first-order valence-electron chi connectivity index (χ1n) is 9.35. The molecule has 0 radical (unpaired) electrons. The number of aliphatic carboxylic acids is 1. The van der Waals surface area contributed by atoms with Crippen LogP contribution in [-0.2, 0) is 11.2 Å². The van der Waals surface area contributed by atoms with Crippen molar-refractivity contribution in [3.63, 3.8) is 0 Å². The summed E-state index contributed by atoms with van der Waals surface area (Å²) in [5, 5.41) is 13.4. The predicted molar refractivity (Wildman–Crippen MR) is 99.2 cm³/mol. The molecule has 3 rings (SSSR count). The van der Waals surface area contributed by atoms with Crippen LogP contribution in [0.5, 0.6) is 0 Å². The Morgan fingerprint density at radius 2 is 1.81 bits per heavy atom. The molecule has 1 aromatic rings. The van der Waals surface area contributed by atoms with Crippen molar-refractivity contribution in [3.05, 3.63) is 18.0 Å². The van der Waals surface area contributed by atoms with E-state index >= 15 is 0 Å². The minimum atomic E-state index is -0.764. The van der Waals surface area contributed by atoms with Crippen molar-refractivity contribution < 1.29 is 14.7 Å². The summed E-state index contributed by atoms with van der Waals surface area (Å²) in [6.45, 7) is 1.52. The fraction of sp³-hybridized carbons (Fsp3) is 0.667. The summed E-state index contributed by atoms with van der Waals surface area (Å²) in [7, 11) is 0. The van der Waals surface area contributed by atoms with Gasteiger partial charge in [-0.1, -0.05) is 24.6 Å². The van der Waals surface area contributed by atoms with Crippen LogP contribution in [0.25, 0.3) is 0 Å². The molecule has 0 bridgehead atoms. The number of hydrogen-bond donors (Lipinski definition) is 2. The molecule has 7 nitrogen and oxygen atoms in total. The first kappa shape index (κ1) is 18.9. The minimum Gasteiger partial charge on any atom is -0.481 e. The first-order valence-corrected chi connectivity index (χ1v) is 10.2. The summed E-state index contributed by atoms with van der Waals surface area (Å²) >= 11 is 1.77. The van der Waals surface area contributed by atoms with E-state index in [9.17, 15) is 9.59 Å². The number of rotatable bonds is 6. The number of nitrogens with one attached hydrogen (secondary N) is 1. The molecule has 0 spiro atoms. The Hall–Kier alpha value is -1.83. The third-order valence-corrected chi connectivity index (χ3v) is 6.30. The van der Waals surface area contributed by atoms with E-state index in [2.05, 4.69) is 15.3 Å². The molecule has 2 fully saturated rings. The Morgan fingerprint density at radius 1 is 1.15 bits per heavy atom. The standard InChI is InChI=1S/C18H26N4O3S/c23-16(24)14-6-9-22(10-7-14)18(25)19-8-5-13-11-20-17(21-12-13)26-15-3-1-2-4-15/h11-12,14-15H,1-10H2,(H,19,25)(H,23,24). The molecule has 1 aliphatic carbocycles. The molecule has 2 heterocycles. The van der Waals surface area contributed by atoms with Gasteiger partial charge in [-0.3, -0.25) is 4.79 Å². The largest absolute Gasteiger partial charge is 0.481 e. The third kappa shape index (κ3) is 5.33. The molecule has 1 saturated heterocycles. The Morgan fingerprint density at radius 3 is 2.42 bits per heavy atom. The number of thioether (sulfide) groups is 1. The number of carbonyl (C=O) groups excluding carboxylic acids is 1. The first-order chi connectivity index (χ1) is 12.6. The Kier molecular flexibility index (Phi) is 6.71. The summed E-state index contributed by atoms with van der Waals surface area (Å²) < 4.78 is 0. The van der Waals surface area contributed by atoms with Crippen LogP contribution in [0.3, 0.4) is 0 Å². The number of carboxylic acid groups (broad SMARTS) is 1. The maximum Gasteiger partial charge on any atom is 0.317 e. The molecular weight excluding hydrogens is 352 g/mol. The van der Waals surface area contributed by atoms with E-state index in [-0.39, 0.29) is 11.9 Å². The van der Waals surface area contributed by atoms with Gasteiger partial charge in [0.15, 0.2) is 5.16 Å². The molecule has 2 aliphatic rings. The molecule has 26 heavy (non-hydrogen) atoms. The van der Waals surface area contributed by atoms with Gasteiger partial charge in [-0.15, -0.1) is 0 Å². The van der Waals surface area contributed by atoms with Gasteiger partial charge in [-0.25, -0.2) is 14.8 Å². The van der Waals surface area contributed by atoms with E-state index in [4.69, 9.17) is 5.11 Å². The highest BCUT2D eigenvalue weighted by Crippen LogP contribution is 2.32. The lowest BCUT2D eigenvalue weighted by molar-refractivity contribution is -0.143. The van der Waals surface area contributed by atoms with E-state index in [1.165, 1.54) is 25.7 Å². The fourth-order valence-electron chi connectivity index (χ4n) is 3.44. The number of likely N-dealkylation sites (tertiary alicyclic amines) is 1. The SMILES string of the molecule is O=C(O)C1CCN(C(=O)NCCc2cnc(SC3CCCC3)nc2)CC1. The van der Waals surface area contributed by atoms with Gasteiger partial charge in [0.05, 0.1) is 5.92 Å². The van der Waals surface area contributed by atoms with Gasteiger partial charge < -0.3 is 15.3 Å². The van der Waals surface area contributed by atoms with Crippen molar-refractivity contribution in [1.82, 2.24) is 20.2 Å². The highest BCUT2D eigenvalue weighted by atomic mass is 32.2. The number of carbonyl (C=O) groups is 2. The Labute approximate surface area is 158 Å². The van der Waals surface area contributed by atoms with Crippen LogP contribution in [0.4, 0.5) is 4.79 Å². The van der Waals surface area contributed by atoms with Crippen LogP contribution in [0.1, 0.15) is 44.1 Å². The number of hydrogen-bond acceptors (Lipinski definition) is 5.